The molecule has 4 rings (SSSR count). The second-order valence-corrected chi connectivity index (χ2v) is 9.97. The smallest absolute Gasteiger partial charge is 0.303 e. The molecule has 6 atom stereocenters. The Hall–Kier alpha value is -1.38. The first kappa shape index (κ1) is 18.0. The molecule has 0 aliphatic heterocycles. The summed E-state index contributed by atoms with van der Waals surface area (Å²) in [5.74, 6) is 1.87. The average Bonchev–Trinajstić information content (AvgIpc) is 2.80. The summed E-state index contributed by atoms with van der Waals surface area (Å²) in [5.41, 5.74) is 1.97. The fourth-order valence-corrected chi connectivity index (χ4v) is 7.31. The van der Waals surface area contributed by atoms with E-state index in [0.29, 0.717) is 17.8 Å². The van der Waals surface area contributed by atoms with E-state index in [2.05, 4.69) is 27.4 Å². The van der Waals surface area contributed by atoms with Gasteiger partial charge in [-0.15, -0.1) is 0 Å². The molecule has 0 heterocycles. The van der Waals surface area contributed by atoms with Gasteiger partial charge in [0.25, 0.3) is 0 Å². The van der Waals surface area contributed by atoms with Crippen molar-refractivity contribution in [2.75, 3.05) is 0 Å². The van der Waals surface area contributed by atoms with Crippen molar-refractivity contribution in [2.24, 2.45) is 28.6 Å². The van der Waals surface area contributed by atoms with Crippen LogP contribution in [0, 0.1) is 28.6 Å². The molecule has 0 bridgehead atoms. The summed E-state index contributed by atoms with van der Waals surface area (Å²) in [6.07, 6.45) is 9.31. The second kappa shape index (κ2) is 5.56. The van der Waals surface area contributed by atoms with E-state index in [1.165, 1.54) is 18.9 Å². The van der Waals surface area contributed by atoms with Gasteiger partial charge >= 0.3 is 5.97 Å². The van der Waals surface area contributed by atoms with Crippen molar-refractivity contribution in [1.29, 1.82) is 0 Å². The minimum Gasteiger partial charge on any atom is -0.459 e. The van der Waals surface area contributed by atoms with Crippen LogP contribution in [0.15, 0.2) is 23.8 Å². The lowest BCUT2D eigenvalue weighted by atomic mass is 9.46. The molecule has 0 N–H and O–H groups in total. The third-order valence-corrected chi connectivity index (χ3v) is 8.87. The predicted molar refractivity (Wildman–Crippen MR) is 101 cm³/mol. The molecule has 3 saturated carbocycles. The van der Waals surface area contributed by atoms with E-state index in [1.54, 1.807) is 0 Å². The van der Waals surface area contributed by atoms with Gasteiger partial charge in [0.15, 0.2) is 5.78 Å². The molecular formula is C23H32O3. The van der Waals surface area contributed by atoms with Crippen LogP contribution in [-0.4, -0.2) is 17.4 Å². The fourth-order valence-electron chi connectivity index (χ4n) is 7.31. The van der Waals surface area contributed by atoms with E-state index < -0.39 is 0 Å². The largest absolute Gasteiger partial charge is 0.459 e. The number of ether oxygens (including phenoxy) is 1. The summed E-state index contributed by atoms with van der Waals surface area (Å²) >= 11 is 0. The highest BCUT2D eigenvalue weighted by atomic mass is 16.6. The van der Waals surface area contributed by atoms with Crippen molar-refractivity contribution >= 4 is 11.8 Å². The normalized spacial score (nSPS) is 47.5. The monoisotopic (exact) mass is 356 g/mol. The zero-order valence-corrected chi connectivity index (χ0v) is 16.7. The van der Waals surface area contributed by atoms with Crippen LogP contribution < -0.4 is 0 Å². The Morgan fingerprint density at radius 3 is 2.54 bits per heavy atom. The summed E-state index contributed by atoms with van der Waals surface area (Å²) < 4.78 is 5.90. The molecule has 0 aromatic carbocycles. The number of rotatable bonds is 1. The zero-order chi connectivity index (χ0) is 18.9. The van der Waals surface area contributed by atoms with Gasteiger partial charge in [0.05, 0.1) is 0 Å². The van der Waals surface area contributed by atoms with Gasteiger partial charge in [-0.3, -0.25) is 9.59 Å². The maximum Gasteiger partial charge on any atom is 0.303 e. The molecule has 0 amide bonds. The van der Waals surface area contributed by atoms with Gasteiger partial charge in [0.2, 0.25) is 0 Å². The molecule has 0 radical (unpaired) electrons. The third kappa shape index (κ3) is 2.25. The fraction of sp³-hybridized carbons (Fsp3) is 0.739. The maximum atomic E-state index is 12.1. The molecular weight excluding hydrogens is 324 g/mol. The topological polar surface area (TPSA) is 43.4 Å². The van der Waals surface area contributed by atoms with E-state index in [1.807, 2.05) is 6.08 Å². The molecule has 3 heteroatoms. The first-order valence-corrected chi connectivity index (χ1v) is 10.2. The third-order valence-electron chi connectivity index (χ3n) is 8.87. The predicted octanol–water partition coefficient (Wildman–Crippen LogP) is 5.01. The lowest BCUT2D eigenvalue weighted by Gasteiger charge is -2.59. The van der Waals surface area contributed by atoms with Crippen LogP contribution in [-0.2, 0) is 14.3 Å². The minimum absolute atomic E-state index is 0.0684. The number of carbonyl (C=O) groups is 2. The maximum absolute atomic E-state index is 12.1. The molecule has 0 unspecified atom stereocenters. The van der Waals surface area contributed by atoms with Crippen LogP contribution in [0.5, 0.6) is 0 Å². The Morgan fingerprint density at radius 1 is 1.15 bits per heavy atom. The van der Waals surface area contributed by atoms with Crippen molar-refractivity contribution in [3.8, 4) is 0 Å². The lowest BCUT2D eigenvalue weighted by Crippen LogP contribution is -2.55. The quantitative estimate of drug-likeness (QED) is 0.490. The van der Waals surface area contributed by atoms with Gasteiger partial charge in [0, 0.05) is 12.3 Å². The van der Waals surface area contributed by atoms with Gasteiger partial charge in [-0.1, -0.05) is 26.0 Å². The van der Waals surface area contributed by atoms with Crippen LogP contribution >= 0.6 is 0 Å². The van der Waals surface area contributed by atoms with E-state index in [4.69, 9.17) is 4.74 Å². The highest BCUT2D eigenvalue weighted by Crippen LogP contribution is 2.68. The summed E-state index contributed by atoms with van der Waals surface area (Å²) in [6.45, 7) is 12.5. The Labute approximate surface area is 157 Å². The highest BCUT2D eigenvalue weighted by Gasteiger charge is 2.64. The van der Waals surface area contributed by atoms with Gasteiger partial charge in [-0.2, -0.15) is 0 Å². The van der Waals surface area contributed by atoms with Crippen molar-refractivity contribution in [3.05, 3.63) is 23.8 Å². The van der Waals surface area contributed by atoms with E-state index in [-0.39, 0.29) is 28.2 Å². The van der Waals surface area contributed by atoms with Crippen molar-refractivity contribution in [3.63, 3.8) is 0 Å². The Bertz CT molecular complexity index is 719. The molecule has 3 fully saturated rings. The lowest BCUT2D eigenvalue weighted by molar-refractivity contribution is -0.177. The molecule has 0 aromatic heterocycles. The number of esters is 1. The van der Waals surface area contributed by atoms with Crippen LogP contribution in [0.25, 0.3) is 0 Å². The summed E-state index contributed by atoms with van der Waals surface area (Å²) in [5, 5.41) is 0. The molecule has 0 aromatic rings. The second-order valence-electron chi connectivity index (χ2n) is 9.97. The zero-order valence-electron chi connectivity index (χ0n) is 16.7. The van der Waals surface area contributed by atoms with Crippen molar-refractivity contribution in [2.45, 2.75) is 78.2 Å². The number of ketones is 1. The number of carbonyl (C=O) groups excluding carboxylic acids is 2. The molecule has 4 aliphatic carbocycles. The Balaban J connectivity index is 1.67. The van der Waals surface area contributed by atoms with Gasteiger partial charge in [-0.25, -0.2) is 0 Å². The van der Waals surface area contributed by atoms with E-state index in [0.717, 1.165) is 44.1 Å². The Kier molecular flexibility index (Phi) is 3.85. The summed E-state index contributed by atoms with van der Waals surface area (Å²) in [7, 11) is 0. The SMILES string of the molecule is C=C1C[C@]2(C)C(=CC1=O)CC[C@@H]1[C@@H]2CC[C@]2(C)[C@H]1CC[C@]2(C)OC(C)=O. The van der Waals surface area contributed by atoms with E-state index in [9.17, 15) is 9.59 Å². The number of fused-ring (bicyclic) bond motifs is 5. The Morgan fingerprint density at radius 2 is 1.85 bits per heavy atom. The average molecular weight is 357 g/mol. The number of allylic oxidation sites excluding steroid dienone is 2. The summed E-state index contributed by atoms with van der Waals surface area (Å²) in [4.78, 5) is 23.9. The van der Waals surface area contributed by atoms with Gasteiger partial charge in [-0.05, 0) is 86.7 Å². The molecule has 142 valence electrons. The molecule has 26 heavy (non-hydrogen) atoms. The van der Waals surface area contributed by atoms with E-state index >= 15 is 0 Å². The minimum atomic E-state index is -0.336. The van der Waals surface area contributed by atoms with Crippen molar-refractivity contribution < 1.29 is 14.3 Å². The first-order chi connectivity index (χ1) is 12.1. The standard InChI is InChI=1S/C23H32O3/c1-14-13-21(3)16(12-20(14)25)6-7-17-18(21)8-10-22(4)19(17)9-11-23(22,5)26-15(2)24/h12,17-19H,1,6-11,13H2,2-5H3/t17-,18+,19+,21-,22-,23+/m1/s1. The van der Waals surface area contributed by atoms with Crippen LogP contribution in [0.1, 0.15) is 72.6 Å². The number of hydrogen-bond acceptors (Lipinski definition) is 3. The van der Waals surface area contributed by atoms with Crippen LogP contribution in [0.3, 0.4) is 0 Å². The molecule has 3 nitrogen and oxygen atoms in total. The highest BCUT2D eigenvalue weighted by molar-refractivity contribution is 6.05. The van der Waals surface area contributed by atoms with Crippen LogP contribution in [0.4, 0.5) is 0 Å². The number of hydrogen-bond donors (Lipinski definition) is 0. The van der Waals surface area contributed by atoms with Gasteiger partial charge in [0.1, 0.15) is 5.60 Å². The van der Waals surface area contributed by atoms with Crippen LogP contribution in [0.2, 0.25) is 0 Å². The molecule has 4 aliphatic rings. The first-order valence-electron chi connectivity index (χ1n) is 10.2. The van der Waals surface area contributed by atoms with Gasteiger partial charge < -0.3 is 4.74 Å². The van der Waals surface area contributed by atoms with Crippen molar-refractivity contribution in [1.82, 2.24) is 0 Å². The summed E-state index contributed by atoms with van der Waals surface area (Å²) in [6, 6.07) is 0. The molecule has 0 saturated heterocycles. The molecule has 0 spiro atoms.